The number of rotatable bonds is 1. The fraction of sp³-hybridized carbons (Fsp3) is 0.273. The largest absolute Gasteiger partial charge is 0.481 e. The highest BCUT2D eigenvalue weighted by molar-refractivity contribution is 5.81. The van der Waals surface area contributed by atoms with E-state index in [0.29, 0.717) is 12.2 Å². The summed E-state index contributed by atoms with van der Waals surface area (Å²) in [5, 5.41) is 9.03. The lowest BCUT2D eigenvalue weighted by Gasteiger charge is -1.98. The van der Waals surface area contributed by atoms with Gasteiger partial charge in [-0.2, -0.15) is 0 Å². The second-order valence-electron chi connectivity index (χ2n) is 3.79. The topological polar surface area (TPSA) is 55.1 Å². The first-order chi connectivity index (χ1) is 7.27. The van der Waals surface area contributed by atoms with E-state index >= 15 is 0 Å². The lowest BCUT2D eigenvalue weighted by molar-refractivity contribution is -0.138. The van der Waals surface area contributed by atoms with Crippen LogP contribution in [0.4, 0.5) is 0 Å². The number of imidazole rings is 1. The molecule has 0 spiro atoms. The molecule has 76 valence electrons. The van der Waals surface area contributed by atoms with Gasteiger partial charge in [-0.3, -0.25) is 4.79 Å². The summed E-state index contributed by atoms with van der Waals surface area (Å²) in [7, 11) is 0. The van der Waals surface area contributed by atoms with Gasteiger partial charge in [0.25, 0.3) is 0 Å². The van der Waals surface area contributed by atoms with Crippen LogP contribution in [0, 0.1) is 0 Å². The molecule has 0 saturated carbocycles. The standard InChI is InChI=1S/C11H10N2O2/c14-11(15)7-5-6-13-9-4-2-1-3-8(9)12-10(7)13/h1-4,7H,5-6H2,(H,14,15). The third kappa shape index (κ3) is 1.08. The minimum atomic E-state index is -0.774. The van der Waals surface area contributed by atoms with Crippen molar-refractivity contribution in [3.63, 3.8) is 0 Å². The van der Waals surface area contributed by atoms with Crippen molar-refractivity contribution in [1.29, 1.82) is 0 Å². The molecule has 1 aromatic carbocycles. The maximum Gasteiger partial charge on any atom is 0.314 e. The molecule has 0 aliphatic carbocycles. The Balaban J connectivity index is 2.25. The van der Waals surface area contributed by atoms with E-state index in [1.807, 2.05) is 28.8 Å². The Hall–Kier alpha value is -1.84. The molecule has 1 aromatic heterocycles. The van der Waals surface area contributed by atoms with E-state index in [2.05, 4.69) is 4.98 Å². The Morgan fingerprint density at radius 3 is 3.07 bits per heavy atom. The number of hydrogen-bond donors (Lipinski definition) is 1. The van der Waals surface area contributed by atoms with Crippen LogP contribution in [-0.4, -0.2) is 20.6 Å². The average Bonchev–Trinajstić information content (AvgIpc) is 2.74. The number of nitrogens with zero attached hydrogens (tertiary/aromatic N) is 2. The van der Waals surface area contributed by atoms with Crippen LogP contribution in [0.2, 0.25) is 0 Å². The van der Waals surface area contributed by atoms with Crippen molar-refractivity contribution in [2.24, 2.45) is 0 Å². The molecule has 4 nitrogen and oxygen atoms in total. The molecule has 0 saturated heterocycles. The van der Waals surface area contributed by atoms with E-state index in [4.69, 9.17) is 5.11 Å². The van der Waals surface area contributed by atoms with Crippen LogP contribution < -0.4 is 0 Å². The Morgan fingerprint density at radius 2 is 2.27 bits per heavy atom. The van der Waals surface area contributed by atoms with Gasteiger partial charge in [0.1, 0.15) is 11.7 Å². The number of hydrogen-bond acceptors (Lipinski definition) is 2. The summed E-state index contributed by atoms with van der Waals surface area (Å²) in [5.74, 6) is -0.509. The van der Waals surface area contributed by atoms with Crippen molar-refractivity contribution < 1.29 is 9.90 Å². The number of para-hydroxylation sites is 2. The Kier molecular flexibility index (Phi) is 1.59. The zero-order valence-corrected chi connectivity index (χ0v) is 8.05. The molecule has 3 rings (SSSR count). The first-order valence-corrected chi connectivity index (χ1v) is 4.95. The maximum absolute atomic E-state index is 11.0. The first-order valence-electron chi connectivity index (χ1n) is 4.95. The normalized spacial score (nSPS) is 19.3. The average molecular weight is 202 g/mol. The summed E-state index contributed by atoms with van der Waals surface area (Å²) in [4.78, 5) is 15.4. The second kappa shape index (κ2) is 2.82. The van der Waals surface area contributed by atoms with Gasteiger partial charge in [-0.15, -0.1) is 0 Å². The predicted octanol–water partition coefficient (Wildman–Crippen LogP) is 1.61. The number of aryl methyl sites for hydroxylation is 1. The molecule has 0 radical (unpaired) electrons. The third-order valence-electron chi connectivity index (χ3n) is 2.94. The van der Waals surface area contributed by atoms with Crippen LogP contribution in [0.3, 0.4) is 0 Å². The molecule has 1 atom stereocenters. The molecule has 1 N–H and O–H groups in total. The van der Waals surface area contributed by atoms with Crippen LogP contribution in [0.1, 0.15) is 18.2 Å². The fourth-order valence-corrected chi connectivity index (χ4v) is 2.22. The molecule has 4 heteroatoms. The molecule has 0 bridgehead atoms. The highest BCUT2D eigenvalue weighted by atomic mass is 16.4. The highest BCUT2D eigenvalue weighted by Gasteiger charge is 2.31. The summed E-state index contributed by atoms with van der Waals surface area (Å²) >= 11 is 0. The monoisotopic (exact) mass is 202 g/mol. The molecular weight excluding hydrogens is 192 g/mol. The zero-order valence-electron chi connectivity index (χ0n) is 8.05. The van der Waals surface area contributed by atoms with Crippen LogP contribution >= 0.6 is 0 Å². The van der Waals surface area contributed by atoms with Gasteiger partial charge in [0, 0.05) is 6.54 Å². The van der Waals surface area contributed by atoms with Crippen LogP contribution in [0.25, 0.3) is 11.0 Å². The lowest BCUT2D eigenvalue weighted by Crippen LogP contribution is -2.08. The molecule has 1 unspecified atom stereocenters. The van der Waals surface area contributed by atoms with Crippen molar-refractivity contribution >= 4 is 17.0 Å². The van der Waals surface area contributed by atoms with Crippen LogP contribution in [0.15, 0.2) is 24.3 Å². The quantitative estimate of drug-likeness (QED) is 0.764. The smallest absolute Gasteiger partial charge is 0.314 e. The fourth-order valence-electron chi connectivity index (χ4n) is 2.22. The van der Waals surface area contributed by atoms with Crippen molar-refractivity contribution in [2.45, 2.75) is 18.9 Å². The van der Waals surface area contributed by atoms with Crippen LogP contribution in [0.5, 0.6) is 0 Å². The van der Waals surface area contributed by atoms with Gasteiger partial charge in [-0.25, -0.2) is 4.98 Å². The van der Waals surface area contributed by atoms with Crippen molar-refractivity contribution in [3.05, 3.63) is 30.1 Å². The molecule has 1 aliphatic rings. The Bertz CT molecular complexity index is 545. The minimum absolute atomic E-state index is 0.433. The van der Waals surface area contributed by atoms with Gasteiger partial charge in [-0.1, -0.05) is 12.1 Å². The van der Waals surface area contributed by atoms with Gasteiger partial charge in [0.2, 0.25) is 0 Å². The number of benzene rings is 1. The van der Waals surface area contributed by atoms with E-state index in [0.717, 1.165) is 17.6 Å². The minimum Gasteiger partial charge on any atom is -0.481 e. The van der Waals surface area contributed by atoms with E-state index in [-0.39, 0.29) is 0 Å². The zero-order chi connectivity index (χ0) is 10.4. The number of carbonyl (C=O) groups is 1. The van der Waals surface area contributed by atoms with Crippen molar-refractivity contribution in [3.8, 4) is 0 Å². The number of fused-ring (bicyclic) bond motifs is 3. The molecule has 2 aromatic rings. The first kappa shape index (κ1) is 8.47. The number of aromatic nitrogens is 2. The summed E-state index contributed by atoms with van der Waals surface area (Å²) in [6.45, 7) is 0.757. The molecule has 1 aliphatic heterocycles. The highest BCUT2D eigenvalue weighted by Crippen LogP contribution is 2.31. The van der Waals surface area contributed by atoms with E-state index in [9.17, 15) is 4.79 Å². The predicted molar refractivity (Wildman–Crippen MR) is 54.7 cm³/mol. The van der Waals surface area contributed by atoms with E-state index in [1.54, 1.807) is 0 Å². The molecular formula is C11H10N2O2. The maximum atomic E-state index is 11.0. The third-order valence-corrected chi connectivity index (χ3v) is 2.94. The molecule has 0 amide bonds. The van der Waals surface area contributed by atoms with E-state index < -0.39 is 11.9 Å². The number of aliphatic carboxylic acids is 1. The number of carboxylic acids is 1. The second-order valence-corrected chi connectivity index (χ2v) is 3.79. The molecule has 15 heavy (non-hydrogen) atoms. The lowest BCUT2D eigenvalue weighted by atomic mass is 10.1. The SMILES string of the molecule is O=C(O)C1CCn2c1nc1ccccc12. The Morgan fingerprint density at radius 1 is 1.47 bits per heavy atom. The van der Waals surface area contributed by atoms with Crippen LogP contribution in [-0.2, 0) is 11.3 Å². The van der Waals surface area contributed by atoms with E-state index in [1.165, 1.54) is 0 Å². The van der Waals surface area contributed by atoms with Gasteiger partial charge in [0.15, 0.2) is 0 Å². The summed E-state index contributed by atoms with van der Waals surface area (Å²) in [6.07, 6.45) is 0.655. The van der Waals surface area contributed by atoms with Crippen molar-refractivity contribution in [2.75, 3.05) is 0 Å². The molecule has 2 heterocycles. The van der Waals surface area contributed by atoms with Gasteiger partial charge in [0.05, 0.1) is 11.0 Å². The van der Waals surface area contributed by atoms with Gasteiger partial charge >= 0.3 is 5.97 Å². The Labute approximate surface area is 86.2 Å². The molecule has 0 fully saturated rings. The summed E-state index contributed by atoms with van der Waals surface area (Å²) in [5.41, 5.74) is 1.93. The van der Waals surface area contributed by atoms with Crippen molar-refractivity contribution in [1.82, 2.24) is 9.55 Å². The summed E-state index contributed by atoms with van der Waals surface area (Å²) < 4.78 is 2.01. The number of carboxylic acid groups (broad SMARTS) is 1. The summed E-state index contributed by atoms with van der Waals surface area (Å²) in [6, 6.07) is 7.77. The van der Waals surface area contributed by atoms with Gasteiger partial charge in [-0.05, 0) is 18.6 Å². The van der Waals surface area contributed by atoms with Gasteiger partial charge < -0.3 is 9.67 Å².